The fourth-order valence-corrected chi connectivity index (χ4v) is 2.54. The van der Waals surface area contributed by atoms with Gasteiger partial charge in [-0.3, -0.25) is 4.98 Å². The molecule has 2 rings (SSSR count). The van der Waals surface area contributed by atoms with Crippen molar-refractivity contribution in [2.45, 2.75) is 44.5 Å². The Morgan fingerprint density at radius 3 is 2.62 bits per heavy atom. The molecular weight excluding hydrogens is 204 g/mol. The van der Waals surface area contributed by atoms with Gasteiger partial charge in [-0.25, -0.2) is 0 Å². The summed E-state index contributed by atoms with van der Waals surface area (Å²) in [7, 11) is 0. The van der Waals surface area contributed by atoms with Crippen molar-refractivity contribution in [2.24, 2.45) is 0 Å². The van der Waals surface area contributed by atoms with Gasteiger partial charge in [0.2, 0.25) is 0 Å². The highest BCUT2D eigenvalue weighted by Crippen LogP contribution is 2.39. The Labute approximate surface area is 95.4 Å². The zero-order valence-electron chi connectivity index (χ0n) is 9.68. The van der Waals surface area contributed by atoms with Crippen LogP contribution in [0.25, 0.3) is 0 Å². The molecule has 0 amide bonds. The summed E-state index contributed by atoms with van der Waals surface area (Å²) < 4.78 is 5.62. The van der Waals surface area contributed by atoms with Crippen molar-refractivity contribution < 1.29 is 9.84 Å². The van der Waals surface area contributed by atoms with Crippen molar-refractivity contribution in [1.29, 1.82) is 0 Å². The van der Waals surface area contributed by atoms with Gasteiger partial charge >= 0.3 is 0 Å². The van der Waals surface area contributed by atoms with Gasteiger partial charge in [-0.05, 0) is 19.9 Å². The van der Waals surface area contributed by atoms with Crippen LogP contribution in [0.5, 0.6) is 0 Å². The molecule has 4 heteroatoms. The van der Waals surface area contributed by atoms with Gasteiger partial charge in [0.1, 0.15) is 0 Å². The van der Waals surface area contributed by atoms with Crippen LogP contribution in [0.4, 0.5) is 5.69 Å². The van der Waals surface area contributed by atoms with Crippen LogP contribution in [0.1, 0.15) is 32.3 Å². The second-order valence-corrected chi connectivity index (χ2v) is 4.66. The molecule has 0 spiro atoms. The van der Waals surface area contributed by atoms with E-state index in [2.05, 4.69) is 4.98 Å². The summed E-state index contributed by atoms with van der Waals surface area (Å²) in [5.74, 6) is 0. The molecule has 0 bridgehead atoms. The lowest BCUT2D eigenvalue weighted by Crippen LogP contribution is -2.41. The number of pyridine rings is 1. The summed E-state index contributed by atoms with van der Waals surface area (Å²) in [6, 6.07) is 1.72. The maximum absolute atomic E-state index is 10.7. The molecule has 88 valence electrons. The lowest BCUT2D eigenvalue weighted by atomic mass is 9.82. The molecule has 1 saturated heterocycles. The Morgan fingerprint density at radius 1 is 1.44 bits per heavy atom. The number of hydrogen-bond donors (Lipinski definition) is 2. The first-order valence-electron chi connectivity index (χ1n) is 5.59. The number of hydrogen-bond acceptors (Lipinski definition) is 4. The van der Waals surface area contributed by atoms with Crippen LogP contribution < -0.4 is 5.73 Å². The first-order valence-corrected chi connectivity index (χ1v) is 5.59. The Kier molecular flexibility index (Phi) is 2.86. The van der Waals surface area contributed by atoms with Crippen LogP contribution in [-0.2, 0) is 10.3 Å². The van der Waals surface area contributed by atoms with E-state index in [0.717, 1.165) is 5.56 Å². The molecule has 0 aromatic carbocycles. The molecule has 0 saturated carbocycles. The molecule has 0 aliphatic carbocycles. The highest BCUT2D eigenvalue weighted by atomic mass is 16.5. The Morgan fingerprint density at radius 2 is 2.06 bits per heavy atom. The molecule has 3 N–H and O–H groups in total. The minimum absolute atomic E-state index is 0.0355. The second-order valence-electron chi connectivity index (χ2n) is 4.66. The van der Waals surface area contributed by atoms with Crippen LogP contribution >= 0.6 is 0 Å². The zero-order valence-corrected chi connectivity index (χ0v) is 9.68. The monoisotopic (exact) mass is 222 g/mol. The molecule has 2 heterocycles. The fourth-order valence-electron chi connectivity index (χ4n) is 2.54. The Bertz CT molecular complexity index is 371. The molecule has 1 aliphatic heterocycles. The van der Waals surface area contributed by atoms with Gasteiger partial charge in [-0.15, -0.1) is 0 Å². The SMILES string of the molecule is CC1CC(O)(c2cnccc2N)CC(C)O1. The summed E-state index contributed by atoms with van der Waals surface area (Å²) in [6.07, 6.45) is 4.48. The van der Waals surface area contributed by atoms with E-state index >= 15 is 0 Å². The van der Waals surface area contributed by atoms with Crippen molar-refractivity contribution >= 4 is 5.69 Å². The predicted molar refractivity (Wildman–Crippen MR) is 61.8 cm³/mol. The third kappa shape index (κ3) is 2.03. The third-order valence-corrected chi connectivity index (χ3v) is 3.07. The van der Waals surface area contributed by atoms with Crippen LogP contribution in [-0.4, -0.2) is 22.3 Å². The summed E-state index contributed by atoms with van der Waals surface area (Å²) >= 11 is 0. The molecule has 1 aliphatic rings. The fraction of sp³-hybridized carbons (Fsp3) is 0.583. The minimum atomic E-state index is -0.907. The minimum Gasteiger partial charge on any atom is -0.398 e. The van der Waals surface area contributed by atoms with Gasteiger partial charge in [0.15, 0.2) is 0 Å². The van der Waals surface area contributed by atoms with E-state index in [1.54, 1.807) is 18.5 Å². The summed E-state index contributed by atoms with van der Waals surface area (Å²) in [4.78, 5) is 4.04. The van der Waals surface area contributed by atoms with Crippen LogP contribution in [0, 0.1) is 0 Å². The van der Waals surface area contributed by atoms with Crippen molar-refractivity contribution in [3.05, 3.63) is 24.0 Å². The van der Waals surface area contributed by atoms with E-state index < -0.39 is 5.60 Å². The van der Waals surface area contributed by atoms with Gasteiger partial charge in [-0.1, -0.05) is 0 Å². The molecule has 2 atom stereocenters. The molecule has 2 unspecified atom stereocenters. The number of nitrogens with zero attached hydrogens (tertiary/aromatic N) is 1. The summed E-state index contributed by atoms with van der Waals surface area (Å²) in [6.45, 7) is 3.93. The topological polar surface area (TPSA) is 68.4 Å². The lowest BCUT2D eigenvalue weighted by molar-refractivity contribution is -0.135. The first kappa shape index (κ1) is 11.4. The highest BCUT2D eigenvalue weighted by molar-refractivity contribution is 5.48. The second kappa shape index (κ2) is 4.03. The highest BCUT2D eigenvalue weighted by Gasteiger charge is 2.39. The average molecular weight is 222 g/mol. The molecular formula is C12H18N2O2. The number of aromatic nitrogens is 1. The summed E-state index contributed by atoms with van der Waals surface area (Å²) in [5, 5.41) is 10.7. The van der Waals surface area contributed by atoms with Crippen LogP contribution in [0.3, 0.4) is 0 Å². The number of rotatable bonds is 1. The average Bonchev–Trinajstić information content (AvgIpc) is 2.15. The quantitative estimate of drug-likeness (QED) is 0.754. The number of ether oxygens (including phenoxy) is 1. The third-order valence-electron chi connectivity index (χ3n) is 3.07. The van der Waals surface area contributed by atoms with E-state index in [1.807, 2.05) is 13.8 Å². The molecule has 1 aromatic heterocycles. The van der Waals surface area contributed by atoms with Crippen LogP contribution in [0.2, 0.25) is 0 Å². The number of anilines is 1. The molecule has 0 radical (unpaired) electrons. The number of aliphatic hydroxyl groups is 1. The Hall–Kier alpha value is -1.13. The van der Waals surface area contributed by atoms with E-state index in [9.17, 15) is 5.11 Å². The van der Waals surface area contributed by atoms with Gasteiger partial charge < -0.3 is 15.6 Å². The molecule has 16 heavy (non-hydrogen) atoms. The zero-order chi connectivity index (χ0) is 11.8. The first-order chi connectivity index (χ1) is 7.51. The smallest absolute Gasteiger partial charge is 0.0980 e. The van der Waals surface area contributed by atoms with E-state index in [4.69, 9.17) is 10.5 Å². The largest absolute Gasteiger partial charge is 0.398 e. The maximum atomic E-state index is 10.7. The number of nitrogens with two attached hydrogens (primary N) is 1. The van der Waals surface area contributed by atoms with E-state index in [0.29, 0.717) is 18.5 Å². The van der Waals surface area contributed by atoms with Gasteiger partial charge in [0.25, 0.3) is 0 Å². The maximum Gasteiger partial charge on any atom is 0.0980 e. The summed E-state index contributed by atoms with van der Waals surface area (Å²) in [5.41, 5.74) is 6.29. The van der Waals surface area contributed by atoms with E-state index in [1.165, 1.54) is 0 Å². The lowest BCUT2D eigenvalue weighted by Gasteiger charge is -2.39. The van der Waals surface area contributed by atoms with Crippen molar-refractivity contribution in [1.82, 2.24) is 4.98 Å². The molecule has 1 aromatic rings. The van der Waals surface area contributed by atoms with Gasteiger partial charge in [-0.2, -0.15) is 0 Å². The van der Waals surface area contributed by atoms with Crippen molar-refractivity contribution in [3.63, 3.8) is 0 Å². The van der Waals surface area contributed by atoms with E-state index in [-0.39, 0.29) is 12.2 Å². The predicted octanol–water partition coefficient (Wildman–Crippen LogP) is 1.44. The van der Waals surface area contributed by atoms with Gasteiger partial charge in [0, 0.05) is 36.5 Å². The van der Waals surface area contributed by atoms with Crippen LogP contribution in [0.15, 0.2) is 18.5 Å². The molecule has 1 fully saturated rings. The standard InChI is InChI=1S/C12H18N2O2/c1-8-5-12(15,6-9(2)16-8)10-7-14-4-3-11(10)13/h3-4,7-9,15H,5-6H2,1-2H3,(H2,13,14). The normalized spacial score (nSPS) is 34.9. The number of nitrogen functional groups attached to an aromatic ring is 1. The van der Waals surface area contributed by atoms with Crippen molar-refractivity contribution in [3.8, 4) is 0 Å². The van der Waals surface area contributed by atoms with Gasteiger partial charge in [0.05, 0.1) is 17.8 Å². The van der Waals surface area contributed by atoms with Crippen molar-refractivity contribution in [2.75, 3.05) is 5.73 Å². The molecule has 4 nitrogen and oxygen atoms in total. The Balaban J connectivity index is 2.34.